The van der Waals surface area contributed by atoms with E-state index in [9.17, 15) is 9.59 Å². The summed E-state index contributed by atoms with van der Waals surface area (Å²) < 4.78 is 7.14. The molecule has 4 rings (SSSR count). The van der Waals surface area contributed by atoms with Crippen LogP contribution in [0.5, 0.6) is 0 Å². The number of thiophene rings is 1. The summed E-state index contributed by atoms with van der Waals surface area (Å²) in [6.45, 7) is 2.72. The Morgan fingerprint density at radius 1 is 1.23 bits per heavy atom. The van der Waals surface area contributed by atoms with Crippen LogP contribution in [0.25, 0.3) is 0 Å². The Hall–Kier alpha value is -2.65. The molecule has 1 saturated carbocycles. The van der Waals surface area contributed by atoms with E-state index in [-0.39, 0.29) is 18.3 Å². The maximum atomic E-state index is 12.5. The highest BCUT2D eigenvalue weighted by Crippen LogP contribution is 2.40. The third-order valence-corrected chi connectivity index (χ3v) is 6.41. The second kappa shape index (κ2) is 9.44. The molecule has 0 saturated heterocycles. The van der Waals surface area contributed by atoms with E-state index in [1.54, 1.807) is 18.4 Å². The van der Waals surface area contributed by atoms with Crippen LogP contribution >= 0.6 is 23.1 Å². The zero-order valence-corrected chi connectivity index (χ0v) is 18.2. The van der Waals surface area contributed by atoms with Gasteiger partial charge in [-0.3, -0.25) is 4.79 Å². The third kappa shape index (κ3) is 4.91. The van der Waals surface area contributed by atoms with Gasteiger partial charge in [-0.1, -0.05) is 42.1 Å². The number of nitrogens with one attached hydrogen (secondary N) is 1. The zero-order chi connectivity index (χ0) is 20.9. The van der Waals surface area contributed by atoms with Gasteiger partial charge in [0.05, 0.1) is 24.5 Å². The lowest BCUT2D eigenvalue weighted by atomic mass is 10.2. The molecule has 0 atom stereocenters. The number of aromatic nitrogens is 3. The molecule has 7 nitrogen and oxygen atoms in total. The van der Waals surface area contributed by atoms with E-state index in [4.69, 9.17) is 4.74 Å². The van der Waals surface area contributed by atoms with E-state index >= 15 is 0 Å². The second-order valence-electron chi connectivity index (χ2n) is 6.91. The van der Waals surface area contributed by atoms with Gasteiger partial charge in [0.15, 0.2) is 5.16 Å². The fraction of sp³-hybridized carbons (Fsp3) is 0.333. The largest absolute Gasteiger partial charge is 0.462 e. The van der Waals surface area contributed by atoms with Crippen molar-refractivity contribution >= 4 is 40.0 Å². The number of benzene rings is 1. The predicted octanol–water partition coefficient (Wildman–Crippen LogP) is 4.17. The molecule has 1 aliphatic rings. The molecule has 1 amide bonds. The van der Waals surface area contributed by atoms with Gasteiger partial charge in [0.2, 0.25) is 5.91 Å². The van der Waals surface area contributed by atoms with Gasteiger partial charge >= 0.3 is 5.97 Å². The monoisotopic (exact) mass is 442 g/mol. The number of esters is 1. The maximum absolute atomic E-state index is 12.5. The number of ether oxygens (including phenoxy) is 1. The van der Waals surface area contributed by atoms with Crippen LogP contribution in [0.1, 0.15) is 47.4 Å². The van der Waals surface area contributed by atoms with Crippen LogP contribution in [-0.4, -0.2) is 39.0 Å². The number of thioether (sulfide) groups is 1. The highest BCUT2D eigenvalue weighted by molar-refractivity contribution is 7.99. The van der Waals surface area contributed by atoms with Crippen LogP contribution in [0.2, 0.25) is 0 Å². The summed E-state index contributed by atoms with van der Waals surface area (Å²) in [5.74, 6) is 0.999. The SMILES string of the molecule is CCOC(=O)c1ccsc1NC(=O)CSc1nnc(C2CC2)n1Cc1ccccc1. The molecular formula is C21H22N4O3S2. The van der Waals surface area contributed by atoms with Crippen molar-refractivity contribution in [3.05, 3.63) is 58.7 Å². The first-order valence-corrected chi connectivity index (χ1v) is 11.7. The predicted molar refractivity (Wildman–Crippen MR) is 117 cm³/mol. The minimum absolute atomic E-state index is 0.178. The lowest BCUT2D eigenvalue weighted by Crippen LogP contribution is -2.16. The number of rotatable bonds is 9. The van der Waals surface area contributed by atoms with Crippen molar-refractivity contribution in [2.75, 3.05) is 17.7 Å². The molecule has 0 unspecified atom stereocenters. The molecule has 9 heteroatoms. The molecule has 1 aliphatic carbocycles. The summed E-state index contributed by atoms with van der Waals surface area (Å²) in [7, 11) is 0. The Kier molecular flexibility index (Phi) is 6.49. The van der Waals surface area contributed by atoms with Crippen LogP contribution in [0, 0.1) is 0 Å². The lowest BCUT2D eigenvalue weighted by molar-refractivity contribution is -0.113. The summed E-state index contributed by atoms with van der Waals surface area (Å²) in [4.78, 5) is 24.5. The third-order valence-electron chi connectivity index (χ3n) is 4.62. The van der Waals surface area contributed by atoms with Gasteiger partial charge in [-0.25, -0.2) is 4.79 Å². The van der Waals surface area contributed by atoms with Crippen molar-refractivity contribution in [3.8, 4) is 0 Å². The number of amides is 1. The second-order valence-corrected chi connectivity index (χ2v) is 8.77. The topological polar surface area (TPSA) is 86.1 Å². The van der Waals surface area contributed by atoms with E-state index in [0.29, 0.717) is 23.0 Å². The van der Waals surface area contributed by atoms with Gasteiger partial charge < -0.3 is 14.6 Å². The minimum atomic E-state index is -0.432. The molecule has 3 aromatic rings. The van der Waals surface area contributed by atoms with Crippen LogP contribution < -0.4 is 5.32 Å². The van der Waals surface area contributed by atoms with Gasteiger partial charge in [0, 0.05) is 5.92 Å². The van der Waals surface area contributed by atoms with Gasteiger partial charge in [0.25, 0.3) is 0 Å². The Labute approximate surface area is 182 Å². The van der Waals surface area contributed by atoms with Crippen molar-refractivity contribution in [1.82, 2.24) is 14.8 Å². The Morgan fingerprint density at radius 3 is 2.77 bits per heavy atom. The molecule has 0 radical (unpaired) electrons. The Balaban J connectivity index is 1.42. The maximum Gasteiger partial charge on any atom is 0.341 e. The first kappa shape index (κ1) is 20.6. The number of hydrogen-bond acceptors (Lipinski definition) is 7. The molecule has 156 valence electrons. The summed E-state index contributed by atoms with van der Waals surface area (Å²) in [6.07, 6.45) is 2.26. The molecule has 0 aliphatic heterocycles. The normalized spacial score (nSPS) is 13.2. The van der Waals surface area contributed by atoms with E-state index in [1.807, 2.05) is 18.2 Å². The molecule has 0 bridgehead atoms. The van der Waals surface area contributed by atoms with Crippen molar-refractivity contribution < 1.29 is 14.3 Å². The fourth-order valence-electron chi connectivity index (χ4n) is 3.03. The molecule has 0 spiro atoms. The van der Waals surface area contributed by atoms with Crippen LogP contribution in [0.15, 0.2) is 46.9 Å². The van der Waals surface area contributed by atoms with Gasteiger partial charge in [-0.15, -0.1) is 21.5 Å². The van der Waals surface area contributed by atoms with Crippen LogP contribution in [-0.2, 0) is 16.1 Å². The highest BCUT2D eigenvalue weighted by atomic mass is 32.2. The number of nitrogens with zero attached hydrogens (tertiary/aromatic N) is 3. The van der Waals surface area contributed by atoms with E-state index < -0.39 is 5.97 Å². The summed E-state index contributed by atoms with van der Waals surface area (Å²) >= 11 is 2.65. The van der Waals surface area contributed by atoms with E-state index in [1.165, 1.54) is 28.7 Å². The van der Waals surface area contributed by atoms with Crippen molar-refractivity contribution in [2.45, 2.75) is 37.4 Å². The quantitative estimate of drug-likeness (QED) is 0.395. The van der Waals surface area contributed by atoms with Gasteiger partial charge in [0.1, 0.15) is 10.8 Å². The molecule has 1 fully saturated rings. The average Bonchev–Trinajstić information content (AvgIpc) is 3.35. The summed E-state index contributed by atoms with van der Waals surface area (Å²) in [5.41, 5.74) is 1.55. The van der Waals surface area contributed by atoms with Gasteiger partial charge in [-0.2, -0.15) is 0 Å². The highest BCUT2D eigenvalue weighted by Gasteiger charge is 2.30. The zero-order valence-electron chi connectivity index (χ0n) is 16.5. The van der Waals surface area contributed by atoms with Crippen LogP contribution in [0.3, 0.4) is 0 Å². The standard InChI is InChI=1S/C21H22N4O3S2/c1-2-28-20(27)16-10-11-29-19(16)22-17(26)13-30-21-24-23-18(15-8-9-15)25(21)12-14-6-4-3-5-7-14/h3-7,10-11,15H,2,8-9,12-13H2,1H3,(H,22,26). The van der Waals surface area contributed by atoms with Crippen molar-refractivity contribution in [2.24, 2.45) is 0 Å². The summed E-state index contributed by atoms with van der Waals surface area (Å²) in [5, 5.41) is 14.5. The van der Waals surface area contributed by atoms with Crippen molar-refractivity contribution in [3.63, 3.8) is 0 Å². The first-order chi connectivity index (χ1) is 14.7. The Morgan fingerprint density at radius 2 is 2.03 bits per heavy atom. The smallest absolute Gasteiger partial charge is 0.341 e. The number of hydrogen-bond donors (Lipinski definition) is 1. The fourth-order valence-corrected chi connectivity index (χ4v) is 4.57. The molecule has 2 heterocycles. The number of carbonyl (C=O) groups is 2. The molecular weight excluding hydrogens is 420 g/mol. The Bertz CT molecular complexity index is 1030. The number of anilines is 1. The van der Waals surface area contributed by atoms with Crippen LogP contribution in [0.4, 0.5) is 5.00 Å². The van der Waals surface area contributed by atoms with E-state index in [0.717, 1.165) is 23.8 Å². The van der Waals surface area contributed by atoms with Gasteiger partial charge in [-0.05, 0) is 36.8 Å². The molecule has 2 aromatic heterocycles. The first-order valence-electron chi connectivity index (χ1n) is 9.80. The van der Waals surface area contributed by atoms with E-state index in [2.05, 4.69) is 32.2 Å². The number of carbonyl (C=O) groups excluding carboxylic acids is 2. The molecule has 1 aromatic carbocycles. The minimum Gasteiger partial charge on any atom is -0.462 e. The molecule has 30 heavy (non-hydrogen) atoms. The molecule has 1 N–H and O–H groups in total. The van der Waals surface area contributed by atoms with Crippen molar-refractivity contribution in [1.29, 1.82) is 0 Å². The average molecular weight is 443 g/mol. The summed E-state index contributed by atoms with van der Waals surface area (Å²) in [6, 6.07) is 11.8. The lowest BCUT2D eigenvalue weighted by Gasteiger charge is -2.10.